The number of halogens is 3. The lowest BCUT2D eigenvalue weighted by Gasteiger charge is -2.10. The van der Waals surface area contributed by atoms with Crippen molar-refractivity contribution in [3.8, 4) is 6.07 Å². The van der Waals surface area contributed by atoms with Crippen LogP contribution >= 0.6 is 15.9 Å². The number of hydrogen-bond donors (Lipinski definition) is 1. The monoisotopic (exact) mass is 304 g/mol. The summed E-state index contributed by atoms with van der Waals surface area (Å²) in [7, 11) is 0. The van der Waals surface area contributed by atoms with E-state index in [1.165, 1.54) is 6.07 Å². The fourth-order valence-electron chi connectivity index (χ4n) is 1.36. The average molecular weight is 305 g/mol. The Morgan fingerprint density at radius 1 is 1.65 bits per heavy atom. The molecule has 0 unspecified atom stereocenters. The summed E-state index contributed by atoms with van der Waals surface area (Å²) in [6.07, 6.45) is -3.26. The Bertz CT molecular complexity index is 486. The van der Waals surface area contributed by atoms with Crippen LogP contribution in [0.1, 0.15) is 28.9 Å². The summed E-state index contributed by atoms with van der Waals surface area (Å²) in [6.45, 7) is 0. The van der Waals surface area contributed by atoms with Gasteiger partial charge in [-0.15, -0.1) is 0 Å². The predicted octanol–water partition coefficient (Wildman–Crippen LogP) is 2.41. The van der Waals surface area contributed by atoms with Crippen LogP contribution in [0.2, 0.25) is 0 Å². The molecule has 4 nitrogen and oxygen atoms in total. The normalized spacial score (nSPS) is 10.3. The van der Waals surface area contributed by atoms with E-state index in [0.717, 1.165) is 0 Å². The number of aliphatic carboxylic acids is 1. The van der Waals surface area contributed by atoms with E-state index < -0.39 is 24.5 Å². The van der Waals surface area contributed by atoms with E-state index in [4.69, 9.17) is 10.4 Å². The Morgan fingerprint density at radius 3 is 2.71 bits per heavy atom. The number of carboxylic acid groups (broad SMARTS) is 1. The van der Waals surface area contributed by atoms with Gasteiger partial charge in [-0.05, 0) is 17.2 Å². The molecule has 0 aliphatic heterocycles. The molecule has 0 fully saturated rings. The summed E-state index contributed by atoms with van der Waals surface area (Å²) in [5, 5.41) is 17.4. The first kappa shape index (κ1) is 13.5. The second-order valence-corrected chi connectivity index (χ2v) is 3.71. The first-order valence-corrected chi connectivity index (χ1v) is 5.60. The molecule has 1 aromatic heterocycles. The summed E-state index contributed by atoms with van der Waals surface area (Å²) < 4.78 is 25.4. The molecule has 0 atom stereocenters. The van der Waals surface area contributed by atoms with Crippen LogP contribution in [-0.2, 0) is 16.5 Å². The zero-order chi connectivity index (χ0) is 13.0. The van der Waals surface area contributed by atoms with Crippen LogP contribution < -0.4 is 0 Å². The number of alkyl halides is 3. The van der Waals surface area contributed by atoms with Gasteiger partial charge in [0.25, 0.3) is 6.43 Å². The van der Waals surface area contributed by atoms with Crippen molar-refractivity contribution in [1.82, 2.24) is 4.98 Å². The van der Waals surface area contributed by atoms with Crippen LogP contribution in [0.5, 0.6) is 0 Å². The predicted molar refractivity (Wildman–Crippen MR) is 57.9 cm³/mol. The van der Waals surface area contributed by atoms with Gasteiger partial charge in [0.05, 0.1) is 6.42 Å². The smallest absolute Gasteiger partial charge is 0.307 e. The van der Waals surface area contributed by atoms with E-state index in [1.807, 2.05) is 0 Å². The van der Waals surface area contributed by atoms with E-state index >= 15 is 0 Å². The Hall–Kier alpha value is -1.55. The average Bonchev–Trinajstić information content (AvgIpc) is 2.26. The lowest BCUT2D eigenvalue weighted by atomic mass is 10.0. The van der Waals surface area contributed by atoms with Crippen molar-refractivity contribution in [1.29, 1.82) is 5.26 Å². The molecule has 0 spiro atoms. The topological polar surface area (TPSA) is 74.0 Å². The lowest BCUT2D eigenvalue weighted by molar-refractivity contribution is -0.136. The van der Waals surface area contributed by atoms with Gasteiger partial charge in [-0.1, -0.05) is 15.9 Å². The molecule has 1 aromatic rings. The summed E-state index contributed by atoms with van der Waals surface area (Å²) in [6, 6.07) is 2.85. The number of carboxylic acids is 1. The highest BCUT2D eigenvalue weighted by Gasteiger charge is 2.20. The second-order valence-electron chi connectivity index (χ2n) is 3.15. The highest BCUT2D eigenvalue weighted by atomic mass is 79.9. The first-order valence-electron chi connectivity index (χ1n) is 4.48. The van der Waals surface area contributed by atoms with Crippen LogP contribution in [0.4, 0.5) is 8.78 Å². The minimum absolute atomic E-state index is 0.0635. The van der Waals surface area contributed by atoms with E-state index in [2.05, 4.69) is 20.9 Å². The van der Waals surface area contributed by atoms with Crippen LogP contribution in [0.15, 0.2) is 6.07 Å². The highest BCUT2D eigenvalue weighted by Crippen LogP contribution is 2.26. The van der Waals surface area contributed by atoms with E-state index in [0.29, 0.717) is 0 Å². The lowest BCUT2D eigenvalue weighted by Crippen LogP contribution is -2.08. The van der Waals surface area contributed by atoms with Crippen molar-refractivity contribution in [2.24, 2.45) is 0 Å². The molecule has 90 valence electrons. The molecule has 1 N–H and O–H groups in total. The van der Waals surface area contributed by atoms with Crippen molar-refractivity contribution in [3.63, 3.8) is 0 Å². The molecule has 0 radical (unpaired) electrons. The fraction of sp³-hybridized carbons (Fsp3) is 0.300. The number of aromatic nitrogens is 1. The third-order valence-electron chi connectivity index (χ3n) is 2.05. The van der Waals surface area contributed by atoms with Gasteiger partial charge >= 0.3 is 5.97 Å². The molecule has 1 rings (SSSR count). The number of pyridine rings is 1. The Balaban J connectivity index is 3.40. The van der Waals surface area contributed by atoms with E-state index in [9.17, 15) is 13.6 Å². The van der Waals surface area contributed by atoms with Crippen molar-refractivity contribution in [3.05, 3.63) is 28.6 Å². The largest absolute Gasteiger partial charge is 0.481 e. The minimum Gasteiger partial charge on any atom is -0.481 e. The van der Waals surface area contributed by atoms with Crippen molar-refractivity contribution in [2.75, 3.05) is 0 Å². The Kier molecular flexibility index (Phi) is 4.52. The van der Waals surface area contributed by atoms with Crippen molar-refractivity contribution >= 4 is 21.9 Å². The van der Waals surface area contributed by atoms with Gasteiger partial charge in [0.2, 0.25) is 0 Å². The number of nitrogens with zero attached hydrogens (tertiary/aromatic N) is 2. The third-order valence-corrected chi connectivity index (χ3v) is 2.61. The van der Waals surface area contributed by atoms with Crippen LogP contribution in [0.3, 0.4) is 0 Å². The van der Waals surface area contributed by atoms with Gasteiger partial charge in [-0.25, -0.2) is 13.8 Å². The fourth-order valence-corrected chi connectivity index (χ4v) is 2.01. The van der Waals surface area contributed by atoms with Crippen molar-refractivity contribution < 1.29 is 18.7 Å². The van der Waals surface area contributed by atoms with Gasteiger partial charge in [0, 0.05) is 5.33 Å². The number of nitriles is 1. The molecule has 0 amide bonds. The molecule has 0 aromatic carbocycles. The Labute approximate surface area is 104 Å². The number of rotatable bonds is 4. The molecular weight excluding hydrogens is 298 g/mol. The SMILES string of the molecule is N#Cc1cc(CC(=O)O)c(CBr)c(C(F)F)n1. The van der Waals surface area contributed by atoms with Crippen molar-refractivity contribution in [2.45, 2.75) is 18.2 Å². The zero-order valence-electron chi connectivity index (χ0n) is 8.45. The molecular formula is C10H7BrF2N2O2. The maximum Gasteiger partial charge on any atom is 0.307 e. The van der Waals surface area contributed by atoms with E-state index in [-0.39, 0.29) is 22.2 Å². The number of carbonyl (C=O) groups is 1. The van der Waals surface area contributed by atoms with Gasteiger partial charge in [-0.3, -0.25) is 4.79 Å². The summed E-state index contributed by atoms with van der Waals surface area (Å²) in [4.78, 5) is 14.1. The van der Waals surface area contributed by atoms with Gasteiger partial charge in [0.1, 0.15) is 17.5 Å². The standard InChI is InChI=1S/C10H7BrF2N2O2/c11-3-7-5(2-8(16)17)1-6(4-14)15-9(7)10(12)13/h1,10H,2-3H2,(H,16,17). The second kappa shape index (κ2) is 5.68. The summed E-state index contributed by atoms with van der Waals surface area (Å²) >= 11 is 3.01. The molecule has 0 saturated carbocycles. The van der Waals surface area contributed by atoms with E-state index in [1.54, 1.807) is 6.07 Å². The van der Waals surface area contributed by atoms with Crippen LogP contribution in [0, 0.1) is 11.3 Å². The zero-order valence-corrected chi connectivity index (χ0v) is 10.0. The highest BCUT2D eigenvalue weighted by molar-refractivity contribution is 9.08. The van der Waals surface area contributed by atoms with Crippen LogP contribution in [0.25, 0.3) is 0 Å². The first-order chi connectivity index (χ1) is 7.99. The molecule has 0 aliphatic rings. The molecule has 7 heteroatoms. The molecule has 0 bridgehead atoms. The third kappa shape index (κ3) is 3.20. The molecule has 17 heavy (non-hydrogen) atoms. The summed E-state index contributed by atoms with van der Waals surface area (Å²) in [5.74, 6) is -1.15. The van der Waals surface area contributed by atoms with Gasteiger partial charge in [0.15, 0.2) is 0 Å². The molecule has 0 aliphatic carbocycles. The summed E-state index contributed by atoms with van der Waals surface area (Å²) in [5.41, 5.74) is -0.448. The molecule has 0 saturated heterocycles. The maximum absolute atomic E-state index is 12.7. The Morgan fingerprint density at radius 2 is 2.29 bits per heavy atom. The van der Waals surface area contributed by atoms with Gasteiger partial charge in [-0.2, -0.15) is 5.26 Å². The number of hydrogen-bond acceptors (Lipinski definition) is 3. The minimum atomic E-state index is -2.84. The van der Waals surface area contributed by atoms with Gasteiger partial charge < -0.3 is 5.11 Å². The molecule has 1 heterocycles. The quantitative estimate of drug-likeness (QED) is 0.867. The van der Waals surface area contributed by atoms with Crippen LogP contribution in [-0.4, -0.2) is 16.1 Å². The maximum atomic E-state index is 12.7.